The monoisotopic (exact) mass is 299 g/mol. The molecule has 0 heterocycles. The van der Waals surface area contributed by atoms with Gasteiger partial charge < -0.3 is 14.8 Å². The minimum Gasteiger partial charge on any atom is -0.492 e. The Morgan fingerprint density at radius 3 is 2.45 bits per heavy atom. The van der Waals surface area contributed by atoms with E-state index in [1.807, 2.05) is 13.0 Å². The number of carbonyl (C=O) groups excluding carboxylic acids is 2. The minimum absolute atomic E-state index is 0.241. The molecule has 0 atom stereocenters. The summed E-state index contributed by atoms with van der Waals surface area (Å²) < 4.78 is 10.7. The van der Waals surface area contributed by atoms with Gasteiger partial charge in [-0.2, -0.15) is 0 Å². The molecule has 5 heteroatoms. The topological polar surface area (TPSA) is 64.6 Å². The molecule has 22 heavy (non-hydrogen) atoms. The summed E-state index contributed by atoms with van der Waals surface area (Å²) in [6.07, 6.45) is 0. The van der Waals surface area contributed by atoms with E-state index in [2.05, 4.69) is 5.32 Å². The van der Waals surface area contributed by atoms with Gasteiger partial charge in [0.15, 0.2) is 0 Å². The highest BCUT2D eigenvalue weighted by Gasteiger charge is 2.13. The first-order valence-electron chi connectivity index (χ1n) is 6.92. The predicted octanol–water partition coefficient (Wildman–Crippen LogP) is 3.26. The van der Waals surface area contributed by atoms with Crippen molar-refractivity contribution in [3.63, 3.8) is 0 Å². The molecule has 0 unspecified atom stereocenters. The highest BCUT2D eigenvalue weighted by Crippen LogP contribution is 2.26. The Bertz CT molecular complexity index is 668. The molecule has 2 rings (SSSR count). The maximum absolute atomic E-state index is 12.1. The van der Waals surface area contributed by atoms with Gasteiger partial charge in [0, 0.05) is 6.92 Å². The van der Waals surface area contributed by atoms with Crippen LogP contribution >= 0.6 is 0 Å². The van der Waals surface area contributed by atoms with Crippen molar-refractivity contribution in [2.45, 2.75) is 13.8 Å². The largest absolute Gasteiger partial charge is 0.492 e. The molecular weight excluding hydrogens is 282 g/mol. The summed E-state index contributed by atoms with van der Waals surface area (Å²) >= 11 is 0. The SMILES string of the molecule is CCOc1ccc(C(=O)Oc2ccccc2)cc1NC(C)=O. The van der Waals surface area contributed by atoms with Gasteiger partial charge in [0.2, 0.25) is 5.91 Å². The number of benzene rings is 2. The summed E-state index contributed by atoms with van der Waals surface area (Å²) in [5.74, 6) is 0.229. The molecule has 2 aromatic carbocycles. The number of hydrogen-bond acceptors (Lipinski definition) is 4. The van der Waals surface area contributed by atoms with Gasteiger partial charge in [-0.25, -0.2) is 4.79 Å². The second kappa shape index (κ2) is 7.26. The molecule has 0 saturated heterocycles. The average molecular weight is 299 g/mol. The molecule has 0 aliphatic carbocycles. The predicted molar refractivity (Wildman–Crippen MR) is 83.3 cm³/mol. The normalized spacial score (nSPS) is 9.91. The number of para-hydroxylation sites is 1. The average Bonchev–Trinajstić information content (AvgIpc) is 2.49. The van der Waals surface area contributed by atoms with Crippen LogP contribution in [-0.2, 0) is 4.79 Å². The van der Waals surface area contributed by atoms with E-state index in [0.29, 0.717) is 29.4 Å². The van der Waals surface area contributed by atoms with E-state index in [1.54, 1.807) is 36.4 Å². The molecule has 1 amide bonds. The zero-order valence-corrected chi connectivity index (χ0v) is 12.5. The van der Waals surface area contributed by atoms with E-state index >= 15 is 0 Å². The Balaban J connectivity index is 2.23. The second-order valence-corrected chi connectivity index (χ2v) is 4.53. The van der Waals surface area contributed by atoms with Crippen LogP contribution in [0.25, 0.3) is 0 Å². The summed E-state index contributed by atoms with van der Waals surface area (Å²) in [6.45, 7) is 3.69. The van der Waals surface area contributed by atoms with Crippen LogP contribution in [0, 0.1) is 0 Å². The molecular formula is C17H17NO4. The Morgan fingerprint density at radius 2 is 1.82 bits per heavy atom. The fraction of sp³-hybridized carbons (Fsp3) is 0.176. The fourth-order valence-corrected chi connectivity index (χ4v) is 1.88. The molecule has 0 aliphatic rings. The highest BCUT2D eigenvalue weighted by molar-refractivity contribution is 5.96. The Kier molecular flexibility index (Phi) is 5.14. The third-order valence-corrected chi connectivity index (χ3v) is 2.78. The fourth-order valence-electron chi connectivity index (χ4n) is 1.88. The first-order chi connectivity index (χ1) is 10.6. The highest BCUT2D eigenvalue weighted by atomic mass is 16.5. The summed E-state index contributed by atoms with van der Waals surface area (Å²) in [6, 6.07) is 13.6. The number of amides is 1. The first-order valence-corrected chi connectivity index (χ1v) is 6.92. The molecule has 0 aromatic heterocycles. The van der Waals surface area contributed by atoms with Crippen LogP contribution in [0.1, 0.15) is 24.2 Å². The number of nitrogens with one attached hydrogen (secondary N) is 1. The summed E-state index contributed by atoms with van der Waals surface area (Å²) in [5.41, 5.74) is 0.771. The van der Waals surface area contributed by atoms with Crippen molar-refractivity contribution in [1.29, 1.82) is 0 Å². The summed E-state index contributed by atoms with van der Waals surface area (Å²) in [4.78, 5) is 23.4. The third kappa shape index (κ3) is 4.09. The molecule has 0 fully saturated rings. The first kappa shape index (κ1) is 15.6. The van der Waals surface area contributed by atoms with E-state index in [0.717, 1.165) is 0 Å². The standard InChI is InChI=1S/C17H17NO4/c1-3-21-16-10-9-13(11-15(16)18-12(2)19)17(20)22-14-7-5-4-6-8-14/h4-11H,3H2,1-2H3,(H,18,19). The lowest BCUT2D eigenvalue weighted by atomic mass is 10.2. The van der Waals surface area contributed by atoms with Crippen molar-refractivity contribution in [3.05, 3.63) is 54.1 Å². The van der Waals surface area contributed by atoms with Crippen molar-refractivity contribution in [2.24, 2.45) is 0 Å². The quantitative estimate of drug-likeness (QED) is 0.680. The third-order valence-electron chi connectivity index (χ3n) is 2.78. The zero-order chi connectivity index (χ0) is 15.9. The van der Waals surface area contributed by atoms with Crippen LogP contribution in [-0.4, -0.2) is 18.5 Å². The van der Waals surface area contributed by atoms with Crippen LogP contribution in [0.3, 0.4) is 0 Å². The molecule has 0 spiro atoms. The van der Waals surface area contributed by atoms with Gasteiger partial charge >= 0.3 is 5.97 Å². The van der Waals surface area contributed by atoms with Crippen molar-refractivity contribution in [2.75, 3.05) is 11.9 Å². The molecule has 0 aliphatic heterocycles. The Labute approximate surface area is 128 Å². The van der Waals surface area contributed by atoms with Crippen LogP contribution < -0.4 is 14.8 Å². The van der Waals surface area contributed by atoms with Crippen molar-refractivity contribution in [1.82, 2.24) is 0 Å². The van der Waals surface area contributed by atoms with Crippen LogP contribution in [0.15, 0.2) is 48.5 Å². The van der Waals surface area contributed by atoms with E-state index in [9.17, 15) is 9.59 Å². The van der Waals surface area contributed by atoms with Crippen LogP contribution in [0.5, 0.6) is 11.5 Å². The molecule has 1 N–H and O–H groups in total. The van der Waals surface area contributed by atoms with E-state index in [-0.39, 0.29) is 5.91 Å². The maximum Gasteiger partial charge on any atom is 0.343 e. The minimum atomic E-state index is -0.499. The van der Waals surface area contributed by atoms with E-state index in [4.69, 9.17) is 9.47 Å². The van der Waals surface area contributed by atoms with Gasteiger partial charge in [0.25, 0.3) is 0 Å². The van der Waals surface area contributed by atoms with Gasteiger partial charge in [0.1, 0.15) is 11.5 Å². The number of anilines is 1. The van der Waals surface area contributed by atoms with E-state index in [1.165, 1.54) is 13.0 Å². The number of hydrogen-bond donors (Lipinski definition) is 1. The molecule has 0 bridgehead atoms. The number of ether oxygens (including phenoxy) is 2. The smallest absolute Gasteiger partial charge is 0.343 e. The maximum atomic E-state index is 12.1. The number of esters is 1. The lowest BCUT2D eigenvalue weighted by molar-refractivity contribution is -0.114. The van der Waals surface area contributed by atoms with Crippen molar-refractivity contribution < 1.29 is 19.1 Å². The van der Waals surface area contributed by atoms with Crippen molar-refractivity contribution in [3.8, 4) is 11.5 Å². The molecule has 5 nitrogen and oxygen atoms in total. The summed E-state index contributed by atoms with van der Waals surface area (Å²) in [5, 5.41) is 2.65. The molecule has 0 radical (unpaired) electrons. The van der Waals surface area contributed by atoms with Gasteiger partial charge in [-0.3, -0.25) is 4.79 Å². The van der Waals surface area contributed by atoms with E-state index < -0.39 is 5.97 Å². The lowest BCUT2D eigenvalue weighted by Gasteiger charge is -2.12. The Morgan fingerprint density at radius 1 is 1.09 bits per heavy atom. The Hall–Kier alpha value is -2.82. The molecule has 0 saturated carbocycles. The molecule has 2 aromatic rings. The van der Waals surface area contributed by atoms with Gasteiger partial charge in [-0.1, -0.05) is 18.2 Å². The van der Waals surface area contributed by atoms with Crippen molar-refractivity contribution >= 4 is 17.6 Å². The lowest BCUT2D eigenvalue weighted by Crippen LogP contribution is -2.12. The van der Waals surface area contributed by atoms with Gasteiger partial charge in [0.05, 0.1) is 17.9 Å². The zero-order valence-electron chi connectivity index (χ0n) is 12.5. The van der Waals surface area contributed by atoms with Gasteiger partial charge in [-0.05, 0) is 37.3 Å². The van der Waals surface area contributed by atoms with Gasteiger partial charge in [-0.15, -0.1) is 0 Å². The summed E-state index contributed by atoms with van der Waals surface area (Å²) in [7, 11) is 0. The molecule has 114 valence electrons. The van der Waals surface area contributed by atoms with Crippen LogP contribution in [0.2, 0.25) is 0 Å². The second-order valence-electron chi connectivity index (χ2n) is 4.53. The number of rotatable bonds is 5. The van der Waals surface area contributed by atoms with Crippen LogP contribution in [0.4, 0.5) is 5.69 Å². The number of carbonyl (C=O) groups is 2.